The Kier molecular flexibility index (Phi) is 2.08. The first-order valence-corrected chi connectivity index (χ1v) is 5.08. The van der Waals surface area contributed by atoms with Gasteiger partial charge >= 0.3 is 0 Å². The Morgan fingerprint density at radius 3 is 2.62 bits per heavy atom. The maximum Gasteiger partial charge on any atom is 0.130 e. The molecule has 1 aromatic carbocycles. The van der Waals surface area contributed by atoms with Crippen molar-refractivity contribution in [3.8, 4) is 5.75 Å². The summed E-state index contributed by atoms with van der Waals surface area (Å²) >= 11 is 3.34. The fraction of sp³-hybridized carbons (Fsp3) is 0.400. The highest BCUT2D eigenvalue weighted by Crippen LogP contribution is 2.51. The zero-order chi connectivity index (χ0) is 9.47. The van der Waals surface area contributed by atoms with Crippen LogP contribution >= 0.6 is 15.9 Å². The van der Waals surface area contributed by atoms with Crippen molar-refractivity contribution < 1.29 is 10.2 Å². The van der Waals surface area contributed by atoms with Gasteiger partial charge in [-0.15, -0.1) is 0 Å². The van der Waals surface area contributed by atoms with E-state index in [1.807, 2.05) is 12.1 Å². The van der Waals surface area contributed by atoms with Gasteiger partial charge in [-0.05, 0) is 40.4 Å². The second-order valence-electron chi connectivity index (χ2n) is 3.58. The molecule has 1 aromatic rings. The number of aromatic hydroxyl groups is 1. The molecule has 0 bridgehead atoms. The summed E-state index contributed by atoms with van der Waals surface area (Å²) in [6, 6.07) is 5.40. The van der Waals surface area contributed by atoms with Gasteiger partial charge in [0.15, 0.2) is 0 Å². The molecule has 1 aliphatic carbocycles. The number of phenolic OH excluding ortho intramolecular Hbond substituents is 1. The third-order valence-corrected chi connectivity index (χ3v) is 3.54. The summed E-state index contributed by atoms with van der Waals surface area (Å²) in [5.41, 5.74) is 0.937. The third-order valence-electron chi connectivity index (χ3n) is 2.71. The average Bonchev–Trinajstić information content (AvgIpc) is 2.90. The maximum atomic E-state index is 9.46. The van der Waals surface area contributed by atoms with Gasteiger partial charge in [0.1, 0.15) is 5.75 Å². The van der Waals surface area contributed by atoms with E-state index in [9.17, 15) is 10.2 Å². The van der Waals surface area contributed by atoms with Gasteiger partial charge in [0.05, 0.1) is 11.1 Å². The van der Waals surface area contributed by atoms with Crippen LogP contribution in [-0.2, 0) is 5.41 Å². The van der Waals surface area contributed by atoms with Crippen molar-refractivity contribution in [1.29, 1.82) is 0 Å². The molecule has 2 nitrogen and oxygen atoms in total. The first-order chi connectivity index (χ1) is 6.19. The molecule has 1 aliphatic rings. The van der Waals surface area contributed by atoms with Crippen LogP contribution in [0.3, 0.4) is 0 Å². The highest BCUT2D eigenvalue weighted by molar-refractivity contribution is 9.10. The third kappa shape index (κ3) is 1.36. The van der Waals surface area contributed by atoms with Crippen LogP contribution in [0.1, 0.15) is 18.4 Å². The highest BCUT2D eigenvalue weighted by Gasteiger charge is 2.45. The van der Waals surface area contributed by atoms with E-state index in [0.29, 0.717) is 0 Å². The van der Waals surface area contributed by atoms with Crippen molar-refractivity contribution >= 4 is 15.9 Å². The molecular formula is C10H11BrO2. The van der Waals surface area contributed by atoms with Crippen molar-refractivity contribution in [2.75, 3.05) is 6.61 Å². The van der Waals surface area contributed by atoms with Crippen LogP contribution in [-0.4, -0.2) is 16.8 Å². The molecule has 0 saturated heterocycles. The lowest BCUT2D eigenvalue weighted by Crippen LogP contribution is -2.12. The van der Waals surface area contributed by atoms with Gasteiger partial charge in [-0.1, -0.05) is 12.1 Å². The second kappa shape index (κ2) is 3.00. The molecule has 2 N–H and O–H groups in total. The molecule has 70 valence electrons. The molecule has 0 unspecified atom stereocenters. The number of rotatable bonds is 2. The van der Waals surface area contributed by atoms with E-state index in [1.54, 1.807) is 6.07 Å². The maximum absolute atomic E-state index is 9.46. The molecule has 1 fully saturated rings. The minimum absolute atomic E-state index is 0.0857. The summed E-state index contributed by atoms with van der Waals surface area (Å²) in [5.74, 6) is 0.247. The molecule has 0 radical (unpaired) electrons. The fourth-order valence-electron chi connectivity index (χ4n) is 1.59. The molecule has 0 atom stereocenters. The van der Waals surface area contributed by atoms with Gasteiger partial charge in [-0.25, -0.2) is 0 Å². The molecule has 0 spiro atoms. The normalized spacial score (nSPS) is 18.6. The Labute approximate surface area is 85.3 Å². The van der Waals surface area contributed by atoms with Crippen molar-refractivity contribution in [1.82, 2.24) is 0 Å². The van der Waals surface area contributed by atoms with Gasteiger partial charge in [0.25, 0.3) is 0 Å². The first kappa shape index (κ1) is 9.03. The lowest BCUT2D eigenvalue weighted by Gasteiger charge is -2.14. The topological polar surface area (TPSA) is 40.5 Å². The molecule has 2 rings (SSSR count). The van der Waals surface area contributed by atoms with E-state index in [-0.39, 0.29) is 17.8 Å². The average molecular weight is 243 g/mol. The lowest BCUT2D eigenvalue weighted by atomic mass is 9.97. The fourth-order valence-corrected chi connectivity index (χ4v) is 2.28. The van der Waals surface area contributed by atoms with Crippen LogP contribution in [0.25, 0.3) is 0 Å². The highest BCUT2D eigenvalue weighted by atomic mass is 79.9. The van der Waals surface area contributed by atoms with Crippen LogP contribution in [0.5, 0.6) is 5.75 Å². The van der Waals surface area contributed by atoms with Gasteiger partial charge in [0, 0.05) is 5.41 Å². The standard InChI is InChI=1S/C10H11BrO2/c11-9-7(2-1-3-8(9)13)10(6-12)4-5-10/h1-3,12-13H,4-6H2. The minimum atomic E-state index is -0.0857. The molecular weight excluding hydrogens is 232 g/mol. The lowest BCUT2D eigenvalue weighted by molar-refractivity contribution is 0.254. The van der Waals surface area contributed by atoms with Gasteiger partial charge < -0.3 is 10.2 Å². The minimum Gasteiger partial charge on any atom is -0.507 e. The monoisotopic (exact) mass is 242 g/mol. The largest absolute Gasteiger partial charge is 0.507 e. The number of hydrogen-bond acceptors (Lipinski definition) is 2. The van der Waals surface area contributed by atoms with Crippen molar-refractivity contribution in [3.05, 3.63) is 28.2 Å². The molecule has 1 saturated carbocycles. The van der Waals surface area contributed by atoms with Crippen molar-refractivity contribution in [3.63, 3.8) is 0 Å². The Morgan fingerprint density at radius 1 is 1.38 bits per heavy atom. The number of halogens is 1. The van der Waals surface area contributed by atoms with Crippen LogP contribution in [0.4, 0.5) is 0 Å². The van der Waals surface area contributed by atoms with Crippen LogP contribution in [0.2, 0.25) is 0 Å². The Bertz CT molecular complexity index is 332. The number of benzene rings is 1. The van der Waals surface area contributed by atoms with E-state index < -0.39 is 0 Å². The van der Waals surface area contributed by atoms with E-state index >= 15 is 0 Å². The Balaban J connectivity index is 2.46. The predicted molar refractivity (Wildman–Crippen MR) is 53.8 cm³/mol. The SMILES string of the molecule is OCC1(c2cccc(O)c2Br)CC1. The quantitative estimate of drug-likeness (QED) is 0.835. The molecule has 3 heteroatoms. The summed E-state index contributed by atoms with van der Waals surface area (Å²) in [7, 11) is 0. The summed E-state index contributed by atoms with van der Waals surface area (Å²) in [4.78, 5) is 0. The molecule has 0 heterocycles. The molecule has 0 amide bonds. The molecule has 0 aliphatic heterocycles. The zero-order valence-electron chi connectivity index (χ0n) is 7.13. The van der Waals surface area contributed by atoms with E-state index in [2.05, 4.69) is 15.9 Å². The zero-order valence-corrected chi connectivity index (χ0v) is 8.71. The smallest absolute Gasteiger partial charge is 0.130 e. The predicted octanol–water partition coefficient (Wildman–Crippen LogP) is 2.18. The van der Waals surface area contributed by atoms with Crippen molar-refractivity contribution in [2.45, 2.75) is 18.3 Å². The summed E-state index contributed by atoms with van der Waals surface area (Å²) in [6.07, 6.45) is 2.01. The van der Waals surface area contributed by atoms with E-state index in [1.165, 1.54) is 0 Å². The van der Waals surface area contributed by atoms with Gasteiger partial charge in [0.2, 0.25) is 0 Å². The van der Waals surface area contributed by atoms with Crippen LogP contribution in [0, 0.1) is 0 Å². The Morgan fingerprint density at radius 2 is 2.08 bits per heavy atom. The molecule has 13 heavy (non-hydrogen) atoms. The van der Waals surface area contributed by atoms with Gasteiger partial charge in [-0.3, -0.25) is 0 Å². The van der Waals surface area contributed by atoms with E-state index in [0.717, 1.165) is 22.9 Å². The summed E-state index contributed by atoms with van der Waals surface area (Å²) in [5, 5.41) is 18.7. The van der Waals surface area contributed by atoms with Crippen LogP contribution < -0.4 is 0 Å². The number of hydrogen-bond donors (Lipinski definition) is 2. The first-order valence-electron chi connectivity index (χ1n) is 4.28. The van der Waals surface area contributed by atoms with Crippen molar-refractivity contribution in [2.24, 2.45) is 0 Å². The second-order valence-corrected chi connectivity index (χ2v) is 4.37. The molecule has 0 aromatic heterocycles. The number of aliphatic hydroxyl groups excluding tert-OH is 1. The summed E-state index contributed by atoms with van der Waals surface area (Å²) in [6.45, 7) is 0.162. The Hall–Kier alpha value is -0.540. The number of phenols is 1. The summed E-state index contributed by atoms with van der Waals surface area (Å²) < 4.78 is 0.724. The van der Waals surface area contributed by atoms with Crippen LogP contribution in [0.15, 0.2) is 22.7 Å². The van der Waals surface area contributed by atoms with Gasteiger partial charge in [-0.2, -0.15) is 0 Å². The number of aliphatic hydroxyl groups is 1. The van der Waals surface area contributed by atoms with E-state index in [4.69, 9.17) is 0 Å².